The highest BCUT2D eigenvalue weighted by Crippen LogP contribution is 2.48. The number of carbonyl (C=O) groups is 1. The fraction of sp³-hybridized carbons (Fsp3) is 0.421. The van der Waals surface area contributed by atoms with Crippen molar-refractivity contribution in [2.45, 2.75) is 45.2 Å². The number of hydrogen-bond donors (Lipinski definition) is 2. The number of rotatable bonds is 4. The van der Waals surface area contributed by atoms with Crippen LogP contribution in [0.1, 0.15) is 44.2 Å². The van der Waals surface area contributed by atoms with Gasteiger partial charge in [-0.05, 0) is 44.7 Å². The van der Waals surface area contributed by atoms with Gasteiger partial charge in [0.25, 0.3) is 5.56 Å². The van der Waals surface area contributed by atoms with Crippen molar-refractivity contribution < 1.29 is 13.6 Å². The molecule has 1 aliphatic carbocycles. The summed E-state index contributed by atoms with van der Waals surface area (Å²) >= 11 is 0. The summed E-state index contributed by atoms with van der Waals surface area (Å²) in [6, 6.07) is 3.32. The molecule has 1 heterocycles. The third kappa shape index (κ3) is 3.99. The molecule has 0 aliphatic heterocycles. The number of nitrogens with zero attached hydrogens (tertiary/aromatic N) is 1. The average Bonchev–Trinajstić information content (AvgIpc) is 3.33. The summed E-state index contributed by atoms with van der Waals surface area (Å²) in [5.74, 6) is -2.35. The predicted molar refractivity (Wildman–Crippen MR) is 95.4 cm³/mol. The van der Waals surface area contributed by atoms with Crippen molar-refractivity contribution >= 4 is 5.91 Å². The Hall–Kier alpha value is -2.77. The third-order valence-electron chi connectivity index (χ3n) is 4.68. The number of carbonyl (C=O) groups excluding carboxylic acids is 1. The maximum atomic E-state index is 13.8. The SMILES string of the molecule is CC(C)(C)n1cc(CNC(=O)[C@@H]2C[C@H]2c2ccc(F)cc2F)c(=O)[nH]c1=O. The van der Waals surface area contributed by atoms with Gasteiger partial charge in [-0.25, -0.2) is 13.6 Å². The van der Waals surface area contributed by atoms with Gasteiger partial charge >= 0.3 is 5.69 Å². The van der Waals surface area contributed by atoms with Gasteiger partial charge in [0.2, 0.25) is 5.91 Å². The van der Waals surface area contributed by atoms with Crippen LogP contribution < -0.4 is 16.6 Å². The van der Waals surface area contributed by atoms with E-state index in [0.29, 0.717) is 12.0 Å². The van der Waals surface area contributed by atoms with E-state index < -0.39 is 34.3 Å². The molecule has 1 aromatic carbocycles. The summed E-state index contributed by atoms with van der Waals surface area (Å²) in [4.78, 5) is 38.4. The molecule has 27 heavy (non-hydrogen) atoms. The van der Waals surface area contributed by atoms with Crippen LogP contribution in [0.15, 0.2) is 34.0 Å². The highest BCUT2D eigenvalue weighted by molar-refractivity contribution is 5.82. The highest BCUT2D eigenvalue weighted by atomic mass is 19.1. The van der Waals surface area contributed by atoms with Gasteiger partial charge in [-0.15, -0.1) is 0 Å². The fourth-order valence-electron chi connectivity index (χ4n) is 3.08. The van der Waals surface area contributed by atoms with Crippen LogP contribution in [0.25, 0.3) is 0 Å². The van der Waals surface area contributed by atoms with E-state index in [0.717, 1.165) is 6.07 Å². The van der Waals surface area contributed by atoms with Crippen molar-refractivity contribution in [2.24, 2.45) is 5.92 Å². The van der Waals surface area contributed by atoms with Crippen LogP contribution in [-0.4, -0.2) is 15.5 Å². The minimum atomic E-state index is -0.663. The molecule has 3 rings (SSSR count). The monoisotopic (exact) mass is 377 g/mol. The van der Waals surface area contributed by atoms with Gasteiger partial charge in [0.05, 0.1) is 5.56 Å². The number of hydrogen-bond acceptors (Lipinski definition) is 3. The Kier molecular flexibility index (Phi) is 4.75. The van der Waals surface area contributed by atoms with Gasteiger partial charge < -0.3 is 5.32 Å². The molecule has 1 fully saturated rings. The summed E-state index contributed by atoms with van der Waals surface area (Å²) in [7, 11) is 0. The molecule has 2 atom stereocenters. The summed E-state index contributed by atoms with van der Waals surface area (Å²) in [6.07, 6.45) is 1.90. The molecule has 6 nitrogen and oxygen atoms in total. The lowest BCUT2D eigenvalue weighted by Gasteiger charge is -2.22. The van der Waals surface area contributed by atoms with Gasteiger partial charge in [-0.2, -0.15) is 0 Å². The molecular formula is C19H21F2N3O3. The standard InChI is InChI=1S/C19H21F2N3O3/c1-19(2,3)24-9-10(16(25)23-18(24)27)8-22-17(26)14-7-13(14)12-5-4-11(20)6-15(12)21/h4-6,9,13-14H,7-8H2,1-3H3,(H,22,26)(H,23,25,27)/t13-,14+/m0/s1. The summed E-state index contributed by atoms with van der Waals surface area (Å²) in [5, 5.41) is 2.66. The first-order valence-electron chi connectivity index (χ1n) is 8.66. The zero-order chi connectivity index (χ0) is 19.9. The third-order valence-corrected chi connectivity index (χ3v) is 4.68. The average molecular weight is 377 g/mol. The Morgan fingerprint density at radius 2 is 2.00 bits per heavy atom. The second-order valence-corrected chi connectivity index (χ2v) is 7.79. The topological polar surface area (TPSA) is 84.0 Å². The quantitative estimate of drug-likeness (QED) is 0.855. The van der Waals surface area contributed by atoms with Crippen molar-refractivity contribution in [2.75, 3.05) is 0 Å². The molecule has 1 aliphatic rings. The second kappa shape index (κ2) is 6.75. The van der Waals surface area contributed by atoms with E-state index in [-0.39, 0.29) is 23.9 Å². The Bertz CT molecular complexity index is 1000. The summed E-state index contributed by atoms with van der Waals surface area (Å²) in [5.41, 5.74) is -1.03. The van der Waals surface area contributed by atoms with Crippen molar-refractivity contribution in [1.29, 1.82) is 0 Å². The van der Waals surface area contributed by atoms with Crippen molar-refractivity contribution in [3.05, 3.63) is 68.0 Å². The van der Waals surface area contributed by atoms with Crippen molar-refractivity contribution in [1.82, 2.24) is 14.9 Å². The Morgan fingerprint density at radius 3 is 2.63 bits per heavy atom. The Morgan fingerprint density at radius 1 is 1.30 bits per heavy atom. The van der Waals surface area contributed by atoms with Gasteiger partial charge in [-0.1, -0.05) is 6.07 Å². The van der Waals surface area contributed by atoms with E-state index in [1.807, 2.05) is 20.8 Å². The van der Waals surface area contributed by atoms with Gasteiger partial charge in [-0.3, -0.25) is 19.1 Å². The van der Waals surface area contributed by atoms with E-state index in [1.165, 1.54) is 22.9 Å². The zero-order valence-electron chi connectivity index (χ0n) is 15.3. The molecule has 0 radical (unpaired) electrons. The molecule has 2 aromatic rings. The van der Waals surface area contributed by atoms with Crippen LogP contribution in [0.4, 0.5) is 8.78 Å². The lowest BCUT2D eigenvalue weighted by atomic mass is 10.1. The maximum Gasteiger partial charge on any atom is 0.328 e. The van der Waals surface area contributed by atoms with Gasteiger partial charge in [0.1, 0.15) is 11.6 Å². The highest BCUT2D eigenvalue weighted by Gasteiger charge is 2.45. The van der Waals surface area contributed by atoms with Crippen LogP contribution in [0.5, 0.6) is 0 Å². The molecule has 0 saturated heterocycles. The van der Waals surface area contributed by atoms with Crippen molar-refractivity contribution in [3.8, 4) is 0 Å². The fourth-order valence-corrected chi connectivity index (χ4v) is 3.08. The molecule has 144 valence electrons. The number of nitrogens with one attached hydrogen (secondary N) is 2. The van der Waals surface area contributed by atoms with E-state index in [2.05, 4.69) is 10.3 Å². The maximum absolute atomic E-state index is 13.8. The molecule has 0 bridgehead atoms. The van der Waals surface area contributed by atoms with E-state index in [9.17, 15) is 23.2 Å². The molecule has 1 saturated carbocycles. The number of aromatic nitrogens is 2. The van der Waals surface area contributed by atoms with E-state index in [1.54, 1.807) is 0 Å². The van der Waals surface area contributed by atoms with Crippen LogP contribution in [0.2, 0.25) is 0 Å². The van der Waals surface area contributed by atoms with Crippen LogP contribution in [0.3, 0.4) is 0 Å². The number of aromatic amines is 1. The van der Waals surface area contributed by atoms with E-state index in [4.69, 9.17) is 0 Å². The molecule has 1 aromatic heterocycles. The molecule has 2 N–H and O–H groups in total. The Labute approximate surface area is 154 Å². The lowest BCUT2D eigenvalue weighted by Crippen LogP contribution is -2.40. The Balaban J connectivity index is 1.69. The van der Waals surface area contributed by atoms with Gasteiger partial charge in [0.15, 0.2) is 0 Å². The van der Waals surface area contributed by atoms with Gasteiger partial charge in [0, 0.05) is 30.3 Å². The first kappa shape index (κ1) is 19.0. The largest absolute Gasteiger partial charge is 0.351 e. The number of H-pyrrole nitrogens is 1. The van der Waals surface area contributed by atoms with Crippen LogP contribution in [-0.2, 0) is 16.9 Å². The smallest absolute Gasteiger partial charge is 0.328 e. The summed E-state index contributed by atoms with van der Waals surface area (Å²) < 4.78 is 28.2. The van der Waals surface area contributed by atoms with Crippen LogP contribution >= 0.6 is 0 Å². The number of amides is 1. The predicted octanol–water partition coefficient (Wildman–Crippen LogP) is 1.99. The minimum absolute atomic E-state index is 0.0420. The molecule has 0 spiro atoms. The normalized spacial score (nSPS) is 19.0. The first-order valence-corrected chi connectivity index (χ1v) is 8.66. The molecule has 8 heteroatoms. The van der Waals surface area contributed by atoms with E-state index >= 15 is 0 Å². The lowest BCUT2D eigenvalue weighted by molar-refractivity contribution is -0.122. The molecule has 0 unspecified atom stereocenters. The molecule has 1 amide bonds. The minimum Gasteiger partial charge on any atom is -0.351 e. The van der Waals surface area contributed by atoms with Crippen molar-refractivity contribution in [3.63, 3.8) is 0 Å². The summed E-state index contributed by atoms with van der Waals surface area (Å²) in [6.45, 7) is 5.42. The number of halogens is 2. The number of benzene rings is 1. The molecular weight excluding hydrogens is 356 g/mol. The van der Waals surface area contributed by atoms with Crippen LogP contribution in [0, 0.1) is 17.6 Å². The first-order chi connectivity index (χ1) is 12.6. The second-order valence-electron chi connectivity index (χ2n) is 7.79. The zero-order valence-corrected chi connectivity index (χ0v) is 15.3.